The molecule has 0 radical (unpaired) electrons. The molecule has 0 bridgehead atoms. The predicted molar refractivity (Wildman–Crippen MR) is 141 cm³/mol. The maximum absolute atomic E-state index is 14.0. The molecule has 4 aromatic rings. The van der Waals surface area contributed by atoms with E-state index >= 15 is 0 Å². The van der Waals surface area contributed by atoms with Crippen molar-refractivity contribution in [3.8, 4) is 16.9 Å². The van der Waals surface area contributed by atoms with E-state index in [1.54, 1.807) is 19.2 Å². The summed E-state index contributed by atoms with van der Waals surface area (Å²) in [6.07, 6.45) is 2.33. The van der Waals surface area contributed by atoms with Gasteiger partial charge in [-0.3, -0.25) is 4.79 Å². The van der Waals surface area contributed by atoms with Gasteiger partial charge in [0.2, 0.25) is 5.91 Å². The van der Waals surface area contributed by atoms with Crippen LogP contribution in [0.1, 0.15) is 43.2 Å². The van der Waals surface area contributed by atoms with E-state index in [-0.39, 0.29) is 16.7 Å². The molecule has 6 nitrogen and oxygen atoms in total. The van der Waals surface area contributed by atoms with Crippen molar-refractivity contribution in [2.75, 3.05) is 12.3 Å². The monoisotopic (exact) mass is 526 g/mol. The summed E-state index contributed by atoms with van der Waals surface area (Å²) in [6.45, 7) is 4.95. The van der Waals surface area contributed by atoms with Crippen LogP contribution >= 0.6 is 23.2 Å². The summed E-state index contributed by atoms with van der Waals surface area (Å²) in [5.74, 6) is 0.139. The molecule has 0 saturated carbocycles. The molecule has 9 heteroatoms. The van der Waals surface area contributed by atoms with Crippen molar-refractivity contribution in [1.29, 1.82) is 0 Å². The number of rotatable bonds is 5. The SMILES string of the molecule is CCC(=O)N1CCc2[nH]c3cc(-c4cnc(N)c(O[C@H](C)c5c(Cl)ccc(F)c5Cl)c4)ccc3c2C1. The summed E-state index contributed by atoms with van der Waals surface area (Å²) in [5.41, 5.74) is 11.5. The maximum Gasteiger partial charge on any atom is 0.222 e. The number of aromatic nitrogens is 2. The summed E-state index contributed by atoms with van der Waals surface area (Å²) in [6, 6.07) is 10.6. The van der Waals surface area contributed by atoms with E-state index in [2.05, 4.69) is 22.1 Å². The molecule has 0 fully saturated rings. The van der Waals surface area contributed by atoms with Crippen LogP contribution in [0.2, 0.25) is 10.0 Å². The van der Waals surface area contributed by atoms with Gasteiger partial charge in [-0.05, 0) is 36.8 Å². The number of carbonyl (C=O) groups excluding carboxylic acids is 1. The first-order chi connectivity index (χ1) is 17.3. The topological polar surface area (TPSA) is 84.2 Å². The Morgan fingerprint density at radius 1 is 1.25 bits per heavy atom. The van der Waals surface area contributed by atoms with Gasteiger partial charge >= 0.3 is 0 Å². The number of carbonyl (C=O) groups is 1. The van der Waals surface area contributed by atoms with Gasteiger partial charge in [0.15, 0.2) is 11.6 Å². The van der Waals surface area contributed by atoms with E-state index in [1.165, 1.54) is 23.4 Å². The zero-order valence-corrected chi connectivity index (χ0v) is 21.4. The van der Waals surface area contributed by atoms with Crippen LogP contribution in [0.5, 0.6) is 5.75 Å². The lowest BCUT2D eigenvalue weighted by atomic mass is 10.0. The first-order valence-corrected chi connectivity index (χ1v) is 12.5. The van der Waals surface area contributed by atoms with E-state index in [0.29, 0.717) is 29.3 Å². The number of halogens is 3. The lowest BCUT2D eigenvalue weighted by Crippen LogP contribution is -2.35. The Balaban J connectivity index is 1.45. The third-order valence-corrected chi connectivity index (χ3v) is 7.35. The molecule has 0 unspecified atom stereocenters. The Labute approximate surface area is 218 Å². The normalized spacial score (nSPS) is 14.1. The average Bonchev–Trinajstić information content (AvgIpc) is 3.24. The fourth-order valence-corrected chi connectivity index (χ4v) is 5.39. The van der Waals surface area contributed by atoms with E-state index < -0.39 is 11.9 Å². The quantitative estimate of drug-likeness (QED) is 0.283. The van der Waals surface area contributed by atoms with Crippen molar-refractivity contribution in [1.82, 2.24) is 14.9 Å². The van der Waals surface area contributed by atoms with Crippen molar-refractivity contribution in [3.63, 3.8) is 0 Å². The number of aromatic amines is 1. The van der Waals surface area contributed by atoms with Crippen LogP contribution in [-0.2, 0) is 17.8 Å². The standard InChI is InChI=1S/C27H25Cl2FN4O2/c1-3-24(35)34-9-8-21-18(13-34)17-5-4-15(10-22(17)33-21)16-11-23(27(31)32-12-16)36-14(2)25-19(28)6-7-20(30)26(25)29/h4-7,10-12,14,33H,3,8-9,13H2,1-2H3,(H2,31,32)/t14-/m1/s1. The fourth-order valence-electron chi connectivity index (χ4n) is 4.71. The maximum atomic E-state index is 14.0. The molecule has 1 amide bonds. The third-order valence-electron chi connectivity index (χ3n) is 6.64. The predicted octanol–water partition coefficient (Wildman–Crippen LogP) is 6.69. The van der Waals surface area contributed by atoms with Gasteiger partial charge in [0.1, 0.15) is 11.9 Å². The zero-order chi connectivity index (χ0) is 25.6. The molecule has 0 aliphatic carbocycles. The smallest absolute Gasteiger partial charge is 0.222 e. The molecule has 1 aliphatic heterocycles. The van der Waals surface area contributed by atoms with Gasteiger partial charge in [0, 0.05) is 70.4 Å². The van der Waals surface area contributed by atoms with Crippen LogP contribution in [0, 0.1) is 5.82 Å². The number of nitrogens with zero attached hydrogens (tertiary/aromatic N) is 2. The minimum absolute atomic E-state index is 0.0851. The summed E-state index contributed by atoms with van der Waals surface area (Å²) in [4.78, 5) is 21.9. The highest BCUT2D eigenvalue weighted by atomic mass is 35.5. The number of fused-ring (bicyclic) bond motifs is 3. The number of H-pyrrole nitrogens is 1. The summed E-state index contributed by atoms with van der Waals surface area (Å²) in [7, 11) is 0. The molecule has 2 aromatic heterocycles. The Hall–Kier alpha value is -3.29. The van der Waals surface area contributed by atoms with E-state index in [0.717, 1.165) is 35.0 Å². The van der Waals surface area contributed by atoms with Crippen LogP contribution in [0.15, 0.2) is 42.6 Å². The fraction of sp³-hybridized carbons (Fsp3) is 0.259. The van der Waals surface area contributed by atoms with Gasteiger partial charge in [-0.15, -0.1) is 0 Å². The summed E-state index contributed by atoms with van der Waals surface area (Å²) >= 11 is 12.4. The van der Waals surface area contributed by atoms with Crippen LogP contribution in [0.3, 0.4) is 0 Å². The lowest BCUT2D eigenvalue weighted by molar-refractivity contribution is -0.131. The van der Waals surface area contributed by atoms with Crippen LogP contribution < -0.4 is 10.5 Å². The number of pyridine rings is 1. The van der Waals surface area contributed by atoms with Gasteiger partial charge in [-0.25, -0.2) is 9.37 Å². The molecule has 5 rings (SSSR count). The molecule has 1 atom stereocenters. The Morgan fingerprint density at radius 3 is 2.83 bits per heavy atom. The number of nitrogens with one attached hydrogen (secondary N) is 1. The van der Waals surface area contributed by atoms with Crippen molar-refractivity contribution >= 4 is 45.8 Å². The number of hydrogen-bond donors (Lipinski definition) is 2. The summed E-state index contributed by atoms with van der Waals surface area (Å²) in [5, 5.41) is 1.32. The molecule has 1 aliphatic rings. The Bertz CT molecular complexity index is 1490. The highest BCUT2D eigenvalue weighted by Gasteiger charge is 2.24. The highest BCUT2D eigenvalue weighted by molar-refractivity contribution is 6.36. The minimum Gasteiger partial charge on any atom is -0.482 e. The van der Waals surface area contributed by atoms with Gasteiger partial charge in [-0.2, -0.15) is 0 Å². The van der Waals surface area contributed by atoms with Crippen LogP contribution in [0.4, 0.5) is 10.2 Å². The first kappa shape index (κ1) is 24.4. The van der Waals surface area contributed by atoms with Crippen molar-refractivity contribution in [3.05, 3.63) is 75.3 Å². The van der Waals surface area contributed by atoms with Gasteiger partial charge in [0.05, 0.1) is 5.02 Å². The van der Waals surface area contributed by atoms with Crippen molar-refractivity contribution in [2.24, 2.45) is 0 Å². The number of nitrogens with two attached hydrogens (primary N) is 1. The van der Waals surface area contributed by atoms with Gasteiger partial charge in [-0.1, -0.05) is 42.3 Å². The molecule has 2 aromatic carbocycles. The minimum atomic E-state index is -0.661. The molecule has 3 N–H and O–H groups in total. The first-order valence-electron chi connectivity index (χ1n) is 11.7. The Morgan fingerprint density at radius 2 is 2.06 bits per heavy atom. The molecular weight excluding hydrogens is 502 g/mol. The Kier molecular flexibility index (Phi) is 6.53. The lowest BCUT2D eigenvalue weighted by Gasteiger charge is -2.27. The number of anilines is 1. The second kappa shape index (κ2) is 9.64. The van der Waals surface area contributed by atoms with Crippen molar-refractivity contribution < 1.29 is 13.9 Å². The zero-order valence-electron chi connectivity index (χ0n) is 19.9. The number of ether oxygens (including phenoxy) is 1. The van der Waals surface area contributed by atoms with Crippen LogP contribution in [-0.4, -0.2) is 27.3 Å². The second-order valence-electron chi connectivity index (χ2n) is 8.89. The molecule has 0 saturated heterocycles. The second-order valence-corrected chi connectivity index (χ2v) is 9.67. The molecule has 3 heterocycles. The van der Waals surface area contributed by atoms with E-state index in [1.807, 2.05) is 17.9 Å². The molecule has 186 valence electrons. The van der Waals surface area contributed by atoms with Crippen molar-refractivity contribution in [2.45, 2.75) is 39.3 Å². The van der Waals surface area contributed by atoms with E-state index in [4.69, 9.17) is 33.7 Å². The number of nitrogen functional groups attached to an aromatic ring is 1. The third kappa shape index (κ3) is 4.38. The number of hydrogen-bond acceptors (Lipinski definition) is 4. The molecule has 0 spiro atoms. The highest BCUT2D eigenvalue weighted by Crippen LogP contribution is 2.38. The number of amides is 1. The van der Waals surface area contributed by atoms with Gasteiger partial charge < -0.3 is 20.4 Å². The molecular formula is C27H25Cl2FN4O2. The summed E-state index contributed by atoms with van der Waals surface area (Å²) < 4.78 is 20.0. The van der Waals surface area contributed by atoms with Crippen LogP contribution in [0.25, 0.3) is 22.0 Å². The molecule has 36 heavy (non-hydrogen) atoms. The average molecular weight is 527 g/mol. The van der Waals surface area contributed by atoms with Gasteiger partial charge in [0.25, 0.3) is 0 Å². The van der Waals surface area contributed by atoms with E-state index in [9.17, 15) is 9.18 Å². The largest absolute Gasteiger partial charge is 0.482 e. The number of benzene rings is 2.